The molecule has 0 amide bonds. The van der Waals surface area contributed by atoms with Crippen LogP contribution in [0.15, 0.2) is 109 Å². The molecule has 1 heteroatoms. The highest BCUT2D eigenvalue weighted by Crippen LogP contribution is 2.38. The third-order valence-electron chi connectivity index (χ3n) is 5.01. The SMILES string of the molecule is c1ccc(/C2=C(\c3ccccc3)c3ccc(cc3)Nc3ccc2cc3)cc1. The largest absolute Gasteiger partial charge is 0.356 e. The molecule has 4 heterocycles. The molecule has 0 saturated heterocycles. The number of rotatable bonds is 2. The van der Waals surface area contributed by atoms with Crippen molar-refractivity contribution in [1.29, 1.82) is 0 Å². The van der Waals surface area contributed by atoms with E-state index in [1.165, 1.54) is 33.4 Å². The van der Waals surface area contributed by atoms with Crippen LogP contribution in [0.4, 0.5) is 11.4 Å². The van der Waals surface area contributed by atoms with Crippen LogP contribution in [0.25, 0.3) is 11.1 Å². The van der Waals surface area contributed by atoms with Gasteiger partial charge >= 0.3 is 0 Å². The van der Waals surface area contributed by atoms with Crippen LogP contribution in [0.1, 0.15) is 22.3 Å². The van der Waals surface area contributed by atoms with E-state index >= 15 is 0 Å². The van der Waals surface area contributed by atoms with Gasteiger partial charge in [-0.1, -0.05) is 84.9 Å². The van der Waals surface area contributed by atoms with E-state index < -0.39 is 0 Å². The van der Waals surface area contributed by atoms with E-state index in [2.05, 4.69) is 115 Å². The van der Waals surface area contributed by atoms with Gasteiger partial charge in [0.1, 0.15) is 0 Å². The molecule has 0 spiro atoms. The zero-order chi connectivity index (χ0) is 18.1. The third-order valence-corrected chi connectivity index (χ3v) is 5.01. The van der Waals surface area contributed by atoms with Gasteiger partial charge in [0.15, 0.2) is 0 Å². The first-order valence-corrected chi connectivity index (χ1v) is 9.21. The van der Waals surface area contributed by atoms with Gasteiger partial charge in [0, 0.05) is 11.4 Å². The van der Waals surface area contributed by atoms with Crippen LogP contribution in [0.5, 0.6) is 0 Å². The van der Waals surface area contributed by atoms with Crippen molar-refractivity contribution >= 4 is 22.5 Å². The van der Waals surface area contributed by atoms with Crippen molar-refractivity contribution in [2.45, 2.75) is 0 Å². The zero-order valence-corrected chi connectivity index (χ0v) is 14.9. The quantitative estimate of drug-likeness (QED) is 0.373. The lowest BCUT2D eigenvalue weighted by Gasteiger charge is -2.17. The summed E-state index contributed by atoms with van der Waals surface area (Å²) in [7, 11) is 0. The van der Waals surface area contributed by atoms with Crippen LogP contribution in [-0.4, -0.2) is 0 Å². The first-order chi connectivity index (χ1) is 13.4. The van der Waals surface area contributed by atoms with Crippen molar-refractivity contribution in [2.24, 2.45) is 0 Å². The molecule has 4 aliphatic heterocycles. The summed E-state index contributed by atoms with van der Waals surface area (Å²) in [6.07, 6.45) is 0. The third kappa shape index (κ3) is 2.94. The van der Waals surface area contributed by atoms with Crippen LogP contribution in [-0.2, 0) is 0 Å². The lowest BCUT2D eigenvalue weighted by atomic mass is 9.86. The van der Waals surface area contributed by atoms with E-state index in [0.29, 0.717) is 0 Å². The fraction of sp³-hybridized carbons (Fsp3) is 0. The molecule has 0 saturated carbocycles. The Morgan fingerprint density at radius 1 is 0.333 bits per heavy atom. The molecule has 128 valence electrons. The first-order valence-electron chi connectivity index (χ1n) is 9.21. The molecule has 0 unspecified atom stereocenters. The van der Waals surface area contributed by atoms with Crippen LogP contribution in [0.3, 0.4) is 0 Å². The second kappa shape index (κ2) is 6.62. The van der Waals surface area contributed by atoms with Gasteiger partial charge in [0.2, 0.25) is 0 Å². The molecule has 0 radical (unpaired) electrons. The highest BCUT2D eigenvalue weighted by molar-refractivity contribution is 6.04. The highest BCUT2D eigenvalue weighted by Gasteiger charge is 2.17. The summed E-state index contributed by atoms with van der Waals surface area (Å²) in [5.74, 6) is 0. The molecule has 8 rings (SSSR count). The monoisotopic (exact) mass is 345 g/mol. The molecule has 1 nitrogen and oxygen atoms in total. The summed E-state index contributed by atoms with van der Waals surface area (Å²) in [5.41, 5.74) is 9.58. The molecule has 4 aliphatic rings. The number of hydrogen-bond donors (Lipinski definition) is 1. The smallest absolute Gasteiger partial charge is 0.0384 e. The molecule has 4 aromatic rings. The van der Waals surface area contributed by atoms with Crippen molar-refractivity contribution in [1.82, 2.24) is 0 Å². The van der Waals surface area contributed by atoms with Crippen LogP contribution in [0.2, 0.25) is 0 Å². The van der Waals surface area contributed by atoms with Crippen LogP contribution < -0.4 is 5.32 Å². The molecule has 1 N–H and O–H groups in total. The maximum Gasteiger partial charge on any atom is 0.0384 e. The number of anilines is 2. The lowest BCUT2D eigenvalue weighted by molar-refractivity contribution is 1.51. The molecular formula is C26H19N. The first kappa shape index (κ1) is 15.7. The Labute approximate surface area is 159 Å². The summed E-state index contributed by atoms with van der Waals surface area (Å²) in [6.45, 7) is 0. The van der Waals surface area contributed by atoms with Gasteiger partial charge in [0.25, 0.3) is 0 Å². The molecule has 4 aromatic carbocycles. The van der Waals surface area contributed by atoms with E-state index in [0.717, 1.165) is 11.4 Å². The van der Waals surface area contributed by atoms with Crippen molar-refractivity contribution in [2.75, 3.05) is 5.32 Å². The van der Waals surface area contributed by atoms with Crippen LogP contribution >= 0.6 is 0 Å². The number of nitrogens with one attached hydrogen (secondary N) is 1. The Bertz CT molecular complexity index is 999. The second-order valence-electron chi connectivity index (χ2n) is 6.76. The van der Waals surface area contributed by atoms with Gasteiger partial charge in [-0.15, -0.1) is 0 Å². The summed E-state index contributed by atoms with van der Waals surface area (Å²) in [4.78, 5) is 0. The van der Waals surface area contributed by atoms with E-state index in [9.17, 15) is 0 Å². The standard InChI is InChI=1S/C26H19N/c1-3-7-19(8-4-1)25-21-11-15-23(16-12-21)27-24-17-13-22(14-18-24)26(25)20-9-5-2-6-10-20/h1-18,27H/b26-25-. The highest BCUT2D eigenvalue weighted by atomic mass is 14.9. The van der Waals surface area contributed by atoms with E-state index in [4.69, 9.17) is 0 Å². The second-order valence-corrected chi connectivity index (χ2v) is 6.76. The Morgan fingerprint density at radius 2 is 0.667 bits per heavy atom. The van der Waals surface area contributed by atoms with Gasteiger partial charge in [0.05, 0.1) is 0 Å². The topological polar surface area (TPSA) is 12.0 Å². The zero-order valence-electron chi connectivity index (χ0n) is 14.9. The Hall–Kier alpha value is -3.58. The summed E-state index contributed by atoms with van der Waals surface area (Å²) < 4.78 is 0. The van der Waals surface area contributed by atoms with Gasteiger partial charge in [-0.05, 0) is 57.7 Å². The van der Waals surface area contributed by atoms with Gasteiger partial charge in [-0.25, -0.2) is 0 Å². The Kier molecular flexibility index (Phi) is 3.84. The van der Waals surface area contributed by atoms with Crippen molar-refractivity contribution < 1.29 is 0 Å². The molecular weight excluding hydrogens is 326 g/mol. The molecule has 0 aromatic heterocycles. The van der Waals surface area contributed by atoms with E-state index in [1.54, 1.807) is 0 Å². The number of hydrogen-bond acceptors (Lipinski definition) is 1. The van der Waals surface area contributed by atoms with Crippen molar-refractivity contribution in [3.63, 3.8) is 0 Å². The normalized spacial score (nSPS) is 15.3. The minimum absolute atomic E-state index is 1.10. The van der Waals surface area contributed by atoms with Crippen LogP contribution in [0, 0.1) is 0 Å². The minimum Gasteiger partial charge on any atom is -0.356 e. The van der Waals surface area contributed by atoms with Crippen molar-refractivity contribution in [3.8, 4) is 0 Å². The maximum atomic E-state index is 3.48. The van der Waals surface area contributed by atoms with Crippen molar-refractivity contribution in [3.05, 3.63) is 131 Å². The fourth-order valence-corrected chi connectivity index (χ4v) is 3.73. The molecule has 0 aliphatic carbocycles. The molecule has 27 heavy (non-hydrogen) atoms. The Balaban J connectivity index is 1.92. The van der Waals surface area contributed by atoms with E-state index in [-0.39, 0.29) is 0 Å². The van der Waals surface area contributed by atoms with E-state index in [1.807, 2.05) is 0 Å². The molecule has 0 fully saturated rings. The maximum absolute atomic E-state index is 3.48. The summed E-state index contributed by atoms with van der Waals surface area (Å²) in [6, 6.07) is 38.8. The molecule has 4 bridgehead atoms. The predicted octanol–water partition coefficient (Wildman–Crippen LogP) is 6.75. The minimum atomic E-state index is 1.10. The average Bonchev–Trinajstić information content (AvgIpc) is 2.82. The summed E-state index contributed by atoms with van der Waals surface area (Å²) >= 11 is 0. The average molecular weight is 345 g/mol. The summed E-state index contributed by atoms with van der Waals surface area (Å²) in [5, 5.41) is 3.48. The fourth-order valence-electron chi connectivity index (χ4n) is 3.73. The predicted molar refractivity (Wildman–Crippen MR) is 114 cm³/mol. The number of benzene rings is 4. The van der Waals surface area contributed by atoms with Gasteiger partial charge in [-0.3, -0.25) is 0 Å². The van der Waals surface area contributed by atoms with Gasteiger partial charge in [-0.2, -0.15) is 0 Å². The Morgan fingerprint density at radius 3 is 1.04 bits per heavy atom. The van der Waals surface area contributed by atoms with Gasteiger partial charge < -0.3 is 5.32 Å². The lowest BCUT2D eigenvalue weighted by Crippen LogP contribution is -1.96. The molecule has 0 atom stereocenters.